The molecule has 1 saturated heterocycles. The summed E-state index contributed by atoms with van der Waals surface area (Å²) in [6.45, 7) is 3.31. The minimum atomic E-state index is -0.100. The lowest BCUT2D eigenvalue weighted by Gasteiger charge is -2.37. The van der Waals surface area contributed by atoms with E-state index in [-0.39, 0.29) is 6.03 Å². The highest BCUT2D eigenvalue weighted by Crippen LogP contribution is 2.38. The maximum atomic E-state index is 12.5. The van der Waals surface area contributed by atoms with E-state index in [0.717, 1.165) is 51.0 Å². The van der Waals surface area contributed by atoms with Crippen molar-refractivity contribution in [2.45, 2.75) is 38.5 Å². The molecular formula is C19H28N4OS. The molecule has 1 aromatic rings. The molecule has 5 nitrogen and oxygen atoms in total. The first-order valence-electron chi connectivity index (χ1n) is 9.40. The molecule has 1 fully saturated rings. The summed E-state index contributed by atoms with van der Waals surface area (Å²) >= 11 is 1.40. The molecular weight excluding hydrogens is 332 g/mol. The summed E-state index contributed by atoms with van der Waals surface area (Å²) in [5, 5.41) is 3.18. The zero-order valence-corrected chi connectivity index (χ0v) is 16.0. The number of likely N-dealkylation sites (tertiary alicyclic amines) is 1. The van der Waals surface area contributed by atoms with Gasteiger partial charge in [0.15, 0.2) is 0 Å². The molecule has 1 heterocycles. The van der Waals surface area contributed by atoms with E-state index >= 15 is 0 Å². The van der Waals surface area contributed by atoms with Crippen molar-refractivity contribution in [3.63, 3.8) is 0 Å². The molecule has 0 bridgehead atoms. The zero-order chi connectivity index (χ0) is 17.4. The molecule has 0 unspecified atom stereocenters. The average Bonchev–Trinajstić information content (AvgIpc) is 3.20. The summed E-state index contributed by atoms with van der Waals surface area (Å²) in [6, 6.07) is 2.29. The van der Waals surface area contributed by atoms with Crippen LogP contribution in [-0.4, -0.2) is 49.0 Å². The Morgan fingerprint density at radius 2 is 1.84 bits per heavy atom. The van der Waals surface area contributed by atoms with Gasteiger partial charge < -0.3 is 10.2 Å². The van der Waals surface area contributed by atoms with E-state index in [1.54, 1.807) is 0 Å². The van der Waals surface area contributed by atoms with Gasteiger partial charge >= 0.3 is 6.03 Å². The van der Waals surface area contributed by atoms with Gasteiger partial charge in [0.05, 0.1) is 0 Å². The van der Waals surface area contributed by atoms with Gasteiger partial charge in [0.25, 0.3) is 0 Å². The number of nitrogens with zero attached hydrogens (tertiary/aromatic N) is 2. The number of benzene rings is 1. The monoisotopic (exact) mass is 360 g/mol. The fourth-order valence-electron chi connectivity index (χ4n) is 4.57. The van der Waals surface area contributed by atoms with E-state index in [4.69, 9.17) is 0 Å². The molecule has 0 atom stereocenters. The summed E-state index contributed by atoms with van der Waals surface area (Å²) in [7, 11) is 4.19. The minimum absolute atomic E-state index is 0.100. The Hall–Kier alpha value is -1.24. The van der Waals surface area contributed by atoms with Crippen LogP contribution in [-0.2, 0) is 25.7 Å². The van der Waals surface area contributed by atoms with Crippen molar-refractivity contribution >= 4 is 23.9 Å². The second-order valence-electron chi connectivity index (χ2n) is 7.78. The maximum absolute atomic E-state index is 12.5. The Kier molecular flexibility index (Phi) is 4.93. The summed E-state index contributed by atoms with van der Waals surface area (Å²) in [6.07, 6.45) is 6.93. The first-order chi connectivity index (χ1) is 12.1. The Bertz CT molecular complexity index is 640. The van der Waals surface area contributed by atoms with E-state index < -0.39 is 0 Å². The Morgan fingerprint density at radius 3 is 2.44 bits per heavy atom. The molecule has 3 aliphatic rings. The van der Waals surface area contributed by atoms with Crippen LogP contribution in [0.5, 0.6) is 0 Å². The van der Waals surface area contributed by atoms with Crippen molar-refractivity contribution in [3.8, 4) is 0 Å². The van der Waals surface area contributed by atoms with Gasteiger partial charge in [-0.1, -0.05) is 6.07 Å². The van der Waals surface area contributed by atoms with E-state index in [0.29, 0.717) is 5.92 Å². The summed E-state index contributed by atoms with van der Waals surface area (Å²) in [4.78, 5) is 14.8. The molecule has 6 heteroatoms. The second-order valence-corrected chi connectivity index (χ2v) is 8.79. The highest BCUT2D eigenvalue weighted by molar-refractivity contribution is 7.95. The van der Waals surface area contributed by atoms with Crippen LogP contribution in [0.2, 0.25) is 0 Å². The van der Waals surface area contributed by atoms with Crippen LogP contribution in [0.4, 0.5) is 10.5 Å². The Balaban J connectivity index is 1.35. The predicted molar refractivity (Wildman–Crippen MR) is 104 cm³/mol. The number of rotatable bonds is 5. The minimum Gasteiger partial charge on any atom is -0.307 e. The van der Waals surface area contributed by atoms with Crippen LogP contribution in [0.3, 0.4) is 0 Å². The Labute approximate surface area is 154 Å². The first-order valence-corrected chi connectivity index (χ1v) is 10.2. The van der Waals surface area contributed by atoms with E-state index in [1.165, 1.54) is 47.2 Å². The van der Waals surface area contributed by atoms with Gasteiger partial charge in [0.2, 0.25) is 0 Å². The molecule has 2 amide bonds. The number of nitrogens with one attached hydrogen (secondary N) is 2. The lowest BCUT2D eigenvalue weighted by Crippen LogP contribution is -2.48. The van der Waals surface area contributed by atoms with Gasteiger partial charge in [-0.25, -0.2) is 9.10 Å². The lowest BCUT2D eigenvalue weighted by molar-refractivity contribution is 0.121. The SMILES string of the molecule is CN1CC(CN(C)SNC(=O)Nc2c3c(cc4c2CCC4)CCC3)C1. The molecule has 136 valence electrons. The number of carbonyl (C=O) groups is 1. The van der Waals surface area contributed by atoms with Crippen molar-refractivity contribution in [2.75, 3.05) is 39.0 Å². The molecule has 25 heavy (non-hydrogen) atoms. The molecule has 0 saturated carbocycles. The molecule has 1 aromatic carbocycles. The molecule has 1 aliphatic heterocycles. The van der Waals surface area contributed by atoms with Gasteiger partial charge in [-0.15, -0.1) is 0 Å². The lowest BCUT2D eigenvalue weighted by atomic mass is 9.99. The third kappa shape index (κ3) is 3.66. The zero-order valence-electron chi connectivity index (χ0n) is 15.2. The number of hydrogen-bond donors (Lipinski definition) is 2. The van der Waals surface area contributed by atoms with Crippen molar-refractivity contribution in [3.05, 3.63) is 28.3 Å². The van der Waals surface area contributed by atoms with Gasteiger partial charge in [0, 0.05) is 37.5 Å². The van der Waals surface area contributed by atoms with E-state index in [1.807, 2.05) is 7.05 Å². The molecule has 2 aliphatic carbocycles. The normalized spacial score (nSPS) is 19.6. The number of aryl methyl sites for hydroxylation is 2. The van der Waals surface area contributed by atoms with E-state index in [2.05, 4.69) is 32.4 Å². The van der Waals surface area contributed by atoms with Gasteiger partial charge in [-0.2, -0.15) is 0 Å². The number of hydrogen-bond acceptors (Lipinski definition) is 4. The topological polar surface area (TPSA) is 47.6 Å². The molecule has 0 spiro atoms. The van der Waals surface area contributed by atoms with E-state index in [9.17, 15) is 4.79 Å². The first kappa shape index (κ1) is 17.2. The van der Waals surface area contributed by atoms with Crippen molar-refractivity contribution in [1.82, 2.24) is 13.9 Å². The van der Waals surface area contributed by atoms with Crippen LogP contribution in [0.25, 0.3) is 0 Å². The third-order valence-electron chi connectivity index (χ3n) is 5.66. The number of carbonyl (C=O) groups excluding carboxylic acids is 1. The smallest absolute Gasteiger partial charge is 0.307 e. The molecule has 2 N–H and O–H groups in total. The quantitative estimate of drug-likeness (QED) is 0.793. The van der Waals surface area contributed by atoms with Crippen molar-refractivity contribution in [1.29, 1.82) is 0 Å². The molecule has 4 rings (SSSR count). The Morgan fingerprint density at radius 1 is 1.20 bits per heavy atom. The van der Waals surface area contributed by atoms with Crippen LogP contribution in [0, 0.1) is 5.92 Å². The highest BCUT2D eigenvalue weighted by atomic mass is 32.2. The van der Waals surface area contributed by atoms with Gasteiger partial charge in [-0.05, 0) is 80.8 Å². The fraction of sp³-hybridized carbons (Fsp3) is 0.632. The third-order valence-corrected chi connectivity index (χ3v) is 6.40. The largest absolute Gasteiger partial charge is 0.330 e. The predicted octanol–water partition coefficient (Wildman–Crippen LogP) is 2.84. The second kappa shape index (κ2) is 7.17. The number of fused-ring (bicyclic) bond motifs is 2. The fourth-order valence-corrected chi connectivity index (χ4v) is 5.15. The summed E-state index contributed by atoms with van der Waals surface area (Å²) in [5.41, 5.74) is 6.78. The molecule has 0 aromatic heterocycles. The van der Waals surface area contributed by atoms with Crippen LogP contribution in [0.15, 0.2) is 6.07 Å². The van der Waals surface area contributed by atoms with Crippen molar-refractivity contribution < 1.29 is 4.79 Å². The highest BCUT2D eigenvalue weighted by Gasteiger charge is 2.26. The van der Waals surface area contributed by atoms with Gasteiger partial charge in [-0.3, -0.25) is 4.72 Å². The van der Waals surface area contributed by atoms with Crippen LogP contribution < -0.4 is 10.0 Å². The standard InChI is InChI=1S/C19H28N4OS/c1-22-10-13(11-22)12-23(2)25-21-19(24)20-18-16-7-3-5-14(16)9-15-6-4-8-17(15)18/h9,13H,3-8,10-12H2,1-2H3,(H2,20,21,24). The van der Waals surface area contributed by atoms with Crippen LogP contribution >= 0.6 is 12.1 Å². The maximum Gasteiger partial charge on any atom is 0.330 e. The number of amides is 2. The number of urea groups is 1. The molecule has 0 radical (unpaired) electrons. The average molecular weight is 361 g/mol. The van der Waals surface area contributed by atoms with Gasteiger partial charge in [0.1, 0.15) is 0 Å². The van der Waals surface area contributed by atoms with Crippen LogP contribution in [0.1, 0.15) is 35.1 Å². The number of anilines is 1. The summed E-state index contributed by atoms with van der Waals surface area (Å²) in [5.74, 6) is 0.716. The van der Waals surface area contributed by atoms with Crippen molar-refractivity contribution in [2.24, 2.45) is 5.92 Å². The summed E-state index contributed by atoms with van der Waals surface area (Å²) < 4.78 is 5.08.